The first-order valence-electron chi connectivity index (χ1n) is 6.81. The van der Waals surface area contributed by atoms with E-state index in [9.17, 15) is 4.79 Å². The Labute approximate surface area is 112 Å². The zero-order chi connectivity index (χ0) is 13.2. The predicted molar refractivity (Wildman–Crippen MR) is 72.3 cm³/mol. The van der Waals surface area contributed by atoms with Gasteiger partial charge in [0.25, 0.3) is 0 Å². The first kappa shape index (κ1) is 12.1. The highest BCUT2D eigenvalue weighted by atomic mass is 16.2. The zero-order valence-corrected chi connectivity index (χ0v) is 11.1. The summed E-state index contributed by atoms with van der Waals surface area (Å²) in [6.45, 7) is 3.59. The maximum absolute atomic E-state index is 12.0. The molecule has 0 spiro atoms. The molecule has 5 heteroatoms. The molecule has 1 aliphatic rings. The van der Waals surface area contributed by atoms with Gasteiger partial charge in [-0.05, 0) is 24.5 Å². The number of nitrogens with zero attached hydrogens (tertiary/aromatic N) is 4. The molecule has 0 aliphatic carbocycles. The van der Waals surface area contributed by atoms with Crippen molar-refractivity contribution in [3.8, 4) is 0 Å². The lowest BCUT2D eigenvalue weighted by Gasteiger charge is -2.17. The molecule has 0 N–H and O–H groups in total. The Morgan fingerprint density at radius 2 is 2.32 bits per heavy atom. The Balaban J connectivity index is 1.76. The number of imidazole rings is 1. The van der Waals surface area contributed by atoms with Crippen molar-refractivity contribution in [2.24, 2.45) is 5.92 Å². The van der Waals surface area contributed by atoms with Crippen LogP contribution in [0.4, 0.5) is 0 Å². The van der Waals surface area contributed by atoms with Crippen LogP contribution in [0.15, 0.2) is 24.7 Å². The van der Waals surface area contributed by atoms with Gasteiger partial charge in [0.15, 0.2) is 5.65 Å². The number of pyridine rings is 1. The summed E-state index contributed by atoms with van der Waals surface area (Å²) in [6, 6.07) is 3.81. The standard InChI is InChI=1S/C14H18N4O/c1-2-4-11-7-13(19)17(8-11)10-18-9-16-12-5-3-6-15-14(12)18/h3,5-6,9,11H,2,4,7-8,10H2,1H3. The molecule has 0 bridgehead atoms. The molecule has 0 aromatic carbocycles. The van der Waals surface area contributed by atoms with Gasteiger partial charge in [-0.1, -0.05) is 13.3 Å². The number of aromatic nitrogens is 3. The van der Waals surface area contributed by atoms with E-state index in [0.717, 1.165) is 30.6 Å². The van der Waals surface area contributed by atoms with Gasteiger partial charge in [0.2, 0.25) is 5.91 Å². The molecule has 5 nitrogen and oxygen atoms in total. The molecule has 1 amide bonds. The van der Waals surface area contributed by atoms with E-state index in [-0.39, 0.29) is 5.91 Å². The number of fused-ring (bicyclic) bond motifs is 1. The van der Waals surface area contributed by atoms with Crippen LogP contribution in [0.25, 0.3) is 11.2 Å². The van der Waals surface area contributed by atoms with Gasteiger partial charge >= 0.3 is 0 Å². The van der Waals surface area contributed by atoms with E-state index in [1.54, 1.807) is 12.5 Å². The van der Waals surface area contributed by atoms with Crippen LogP contribution in [0.5, 0.6) is 0 Å². The lowest BCUT2D eigenvalue weighted by atomic mass is 10.0. The molecule has 1 fully saturated rings. The molecule has 1 atom stereocenters. The lowest BCUT2D eigenvalue weighted by Crippen LogP contribution is -2.27. The quantitative estimate of drug-likeness (QED) is 0.843. The molecule has 2 aromatic rings. The zero-order valence-electron chi connectivity index (χ0n) is 11.1. The second-order valence-electron chi connectivity index (χ2n) is 5.18. The maximum atomic E-state index is 12.0. The largest absolute Gasteiger partial charge is 0.324 e. The topological polar surface area (TPSA) is 51.0 Å². The van der Waals surface area contributed by atoms with Crippen molar-refractivity contribution in [2.75, 3.05) is 6.54 Å². The average Bonchev–Trinajstić information content (AvgIpc) is 2.96. The van der Waals surface area contributed by atoms with Crippen molar-refractivity contribution in [1.29, 1.82) is 0 Å². The van der Waals surface area contributed by atoms with Crippen LogP contribution in [0.1, 0.15) is 26.2 Å². The molecule has 0 radical (unpaired) electrons. The van der Waals surface area contributed by atoms with Crippen molar-refractivity contribution in [3.63, 3.8) is 0 Å². The van der Waals surface area contributed by atoms with Gasteiger partial charge in [-0.2, -0.15) is 0 Å². The fraction of sp³-hybridized carbons (Fsp3) is 0.500. The van der Waals surface area contributed by atoms with Crippen molar-refractivity contribution >= 4 is 17.1 Å². The third-order valence-corrected chi connectivity index (χ3v) is 3.69. The Hall–Kier alpha value is -1.91. The molecule has 19 heavy (non-hydrogen) atoms. The van der Waals surface area contributed by atoms with E-state index in [1.807, 2.05) is 21.6 Å². The minimum atomic E-state index is 0.247. The first-order valence-corrected chi connectivity index (χ1v) is 6.81. The molecule has 3 heterocycles. The van der Waals surface area contributed by atoms with E-state index < -0.39 is 0 Å². The average molecular weight is 258 g/mol. The molecular formula is C14H18N4O. The number of rotatable bonds is 4. The van der Waals surface area contributed by atoms with E-state index >= 15 is 0 Å². The van der Waals surface area contributed by atoms with Crippen LogP contribution < -0.4 is 0 Å². The second kappa shape index (κ2) is 4.99. The number of hydrogen-bond donors (Lipinski definition) is 0. The van der Waals surface area contributed by atoms with E-state index in [1.165, 1.54) is 0 Å². The monoisotopic (exact) mass is 258 g/mol. The lowest BCUT2D eigenvalue weighted by molar-refractivity contribution is -0.129. The van der Waals surface area contributed by atoms with Crippen LogP contribution >= 0.6 is 0 Å². The first-order chi connectivity index (χ1) is 9.28. The summed E-state index contributed by atoms with van der Waals surface area (Å²) in [5.74, 6) is 0.761. The summed E-state index contributed by atoms with van der Waals surface area (Å²) < 4.78 is 1.95. The van der Waals surface area contributed by atoms with Crippen LogP contribution in [0, 0.1) is 5.92 Å². The van der Waals surface area contributed by atoms with Crippen LogP contribution in [-0.4, -0.2) is 31.9 Å². The third-order valence-electron chi connectivity index (χ3n) is 3.69. The fourth-order valence-corrected chi connectivity index (χ4v) is 2.78. The summed E-state index contributed by atoms with van der Waals surface area (Å²) in [5, 5.41) is 0. The Morgan fingerprint density at radius 1 is 1.42 bits per heavy atom. The summed E-state index contributed by atoms with van der Waals surface area (Å²) in [4.78, 5) is 22.5. The van der Waals surface area contributed by atoms with Gasteiger partial charge in [-0.3, -0.25) is 9.36 Å². The maximum Gasteiger partial charge on any atom is 0.224 e. The number of carbonyl (C=O) groups excluding carboxylic acids is 1. The molecular weight excluding hydrogens is 240 g/mol. The van der Waals surface area contributed by atoms with E-state index in [0.29, 0.717) is 19.0 Å². The van der Waals surface area contributed by atoms with E-state index in [4.69, 9.17) is 0 Å². The van der Waals surface area contributed by atoms with Crippen molar-refractivity contribution in [1.82, 2.24) is 19.4 Å². The van der Waals surface area contributed by atoms with Crippen LogP contribution in [0.3, 0.4) is 0 Å². The Kier molecular flexibility index (Phi) is 3.19. The van der Waals surface area contributed by atoms with Gasteiger partial charge in [0.05, 0.1) is 6.33 Å². The fourth-order valence-electron chi connectivity index (χ4n) is 2.78. The van der Waals surface area contributed by atoms with Gasteiger partial charge in [-0.25, -0.2) is 9.97 Å². The van der Waals surface area contributed by atoms with Crippen molar-refractivity contribution in [2.45, 2.75) is 32.9 Å². The highest BCUT2D eigenvalue weighted by molar-refractivity contribution is 5.78. The van der Waals surface area contributed by atoms with Crippen LogP contribution in [0.2, 0.25) is 0 Å². The Morgan fingerprint density at radius 3 is 3.16 bits per heavy atom. The SMILES string of the molecule is CCCC1CC(=O)N(Cn2cnc3cccnc32)C1. The minimum absolute atomic E-state index is 0.247. The summed E-state index contributed by atoms with van der Waals surface area (Å²) >= 11 is 0. The Bertz CT molecular complexity index is 592. The van der Waals surface area contributed by atoms with Gasteiger partial charge in [0.1, 0.15) is 12.2 Å². The molecule has 1 aliphatic heterocycles. The molecule has 0 saturated carbocycles. The molecule has 3 rings (SSSR count). The number of amides is 1. The van der Waals surface area contributed by atoms with Gasteiger partial charge in [-0.15, -0.1) is 0 Å². The molecule has 1 saturated heterocycles. The van der Waals surface area contributed by atoms with Crippen molar-refractivity contribution < 1.29 is 4.79 Å². The van der Waals surface area contributed by atoms with E-state index in [2.05, 4.69) is 16.9 Å². The number of likely N-dealkylation sites (tertiary alicyclic amines) is 1. The normalized spacial score (nSPS) is 19.5. The summed E-state index contributed by atoms with van der Waals surface area (Å²) in [5.41, 5.74) is 1.72. The number of hydrogen-bond acceptors (Lipinski definition) is 3. The molecule has 1 unspecified atom stereocenters. The minimum Gasteiger partial charge on any atom is -0.324 e. The second-order valence-corrected chi connectivity index (χ2v) is 5.18. The highest BCUT2D eigenvalue weighted by Crippen LogP contribution is 2.23. The molecule has 2 aromatic heterocycles. The molecule has 100 valence electrons. The van der Waals surface area contributed by atoms with Crippen molar-refractivity contribution in [3.05, 3.63) is 24.7 Å². The summed E-state index contributed by atoms with van der Waals surface area (Å²) in [6.07, 6.45) is 6.48. The predicted octanol–water partition coefficient (Wildman–Crippen LogP) is 2.04. The summed E-state index contributed by atoms with van der Waals surface area (Å²) in [7, 11) is 0. The van der Waals surface area contributed by atoms with Crippen LogP contribution in [-0.2, 0) is 11.5 Å². The van der Waals surface area contributed by atoms with Gasteiger partial charge < -0.3 is 4.90 Å². The third kappa shape index (κ3) is 2.32. The smallest absolute Gasteiger partial charge is 0.224 e. The highest BCUT2D eigenvalue weighted by Gasteiger charge is 2.29. The van der Waals surface area contributed by atoms with Gasteiger partial charge in [0, 0.05) is 19.2 Å². The number of carbonyl (C=O) groups is 1.